The maximum absolute atomic E-state index is 13.8. The summed E-state index contributed by atoms with van der Waals surface area (Å²) in [5.41, 5.74) is 2.11. The third-order valence-electron chi connectivity index (χ3n) is 3.61. The number of benzene rings is 1. The standard InChI is InChI=1S/C16H21FN2O/c1-3-12(7-8-20)10-18-15-9-11(2)19-16-13(15)5-4-6-14(16)17/h4-6,9,12,20H,3,7-8,10H2,1-2H3,(H,18,19). The van der Waals surface area contributed by atoms with Gasteiger partial charge in [-0.2, -0.15) is 0 Å². The summed E-state index contributed by atoms with van der Waals surface area (Å²) < 4.78 is 13.8. The number of hydrogen-bond donors (Lipinski definition) is 2. The molecular formula is C16H21FN2O. The molecule has 0 saturated carbocycles. The lowest BCUT2D eigenvalue weighted by Crippen LogP contribution is -2.15. The van der Waals surface area contributed by atoms with Crippen molar-refractivity contribution in [3.8, 4) is 0 Å². The van der Waals surface area contributed by atoms with Crippen molar-refractivity contribution in [3.05, 3.63) is 35.8 Å². The zero-order valence-corrected chi connectivity index (χ0v) is 12.0. The van der Waals surface area contributed by atoms with Crippen molar-refractivity contribution in [2.24, 2.45) is 5.92 Å². The first-order chi connectivity index (χ1) is 9.65. The van der Waals surface area contributed by atoms with E-state index in [-0.39, 0.29) is 12.4 Å². The first kappa shape index (κ1) is 14.7. The van der Waals surface area contributed by atoms with Crippen molar-refractivity contribution in [1.29, 1.82) is 0 Å². The molecule has 108 valence electrons. The van der Waals surface area contributed by atoms with Crippen LogP contribution in [-0.2, 0) is 0 Å². The van der Waals surface area contributed by atoms with Gasteiger partial charge >= 0.3 is 0 Å². The highest BCUT2D eigenvalue weighted by molar-refractivity contribution is 5.91. The van der Waals surface area contributed by atoms with Crippen molar-refractivity contribution >= 4 is 16.6 Å². The lowest BCUT2D eigenvalue weighted by Gasteiger charge is -2.17. The first-order valence-electron chi connectivity index (χ1n) is 7.06. The van der Waals surface area contributed by atoms with Gasteiger partial charge in [0.15, 0.2) is 0 Å². The third-order valence-corrected chi connectivity index (χ3v) is 3.61. The summed E-state index contributed by atoms with van der Waals surface area (Å²) in [7, 11) is 0. The predicted octanol–water partition coefficient (Wildman–Crippen LogP) is 3.50. The molecule has 0 bridgehead atoms. The molecule has 3 nitrogen and oxygen atoms in total. The molecule has 0 aliphatic heterocycles. The number of para-hydroxylation sites is 1. The summed E-state index contributed by atoms with van der Waals surface area (Å²) in [5, 5.41) is 13.2. The fourth-order valence-corrected chi connectivity index (χ4v) is 2.38. The smallest absolute Gasteiger partial charge is 0.149 e. The van der Waals surface area contributed by atoms with Gasteiger partial charge in [0.2, 0.25) is 0 Å². The highest BCUT2D eigenvalue weighted by atomic mass is 19.1. The molecule has 1 aromatic heterocycles. The van der Waals surface area contributed by atoms with Crippen molar-refractivity contribution < 1.29 is 9.50 Å². The molecule has 2 rings (SSSR count). The van der Waals surface area contributed by atoms with Crippen LogP contribution < -0.4 is 5.32 Å². The van der Waals surface area contributed by atoms with Crippen molar-refractivity contribution in [2.45, 2.75) is 26.7 Å². The molecule has 0 amide bonds. The van der Waals surface area contributed by atoms with E-state index in [0.29, 0.717) is 11.4 Å². The van der Waals surface area contributed by atoms with Crippen LogP contribution in [0.5, 0.6) is 0 Å². The van der Waals surface area contributed by atoms with Crippen molar-refractivity contribution in [2.75, 3.05) is 18.5 Å². The quantitative estimate of drug-likeness (QED) is 0.848. The van der Waals surface area contributed by atoms with Gasteiger partial charge in [-0.05, 0) is 31.4 Å². The summed E-state index contributed by atoms with van der Waals surface area (Å²) in [6.07, 6.45) is 1.78. The van der Waals surface area contributed by atoms with Crippen molar-refractivity contribution in [3.63, 3.8) is 0 Å². The number of anilines is 1. The lowest BCUT2D eigenvalue weighted by atomic mass is 10.0. The minimum Gasteiger partial charge on any atom is -0.396 e. The Bertz CT molecular complexity index is 586. The van der Waals surface area contributed by atoms with E-state index in [2.05, 4.69) is 17.2 Å². The van der Waals surface area contributed by atoms with Crippen LogP contribution in [0.15, 0.2) is 24.3 Å². The number of aliphatic hydroxyl groups excluding tert-OH is 1. The second kappa shape index (κ2) is 6.66. The summed E-state index contributed by atoms with van der Waals surface area (Å²) in [6.45, 7) is 4.94. The zero-order chi connectivity index (χ0) is 14.5. The SMILES string of the molecule is CCC(CCO)CNc1cc(C)nc2c(F)cccc12. The molecule has 0 saturated heterocycles. The van der Waals surface area contributed by atoms with Crippen molar-refractivity contribution in [1.82, 2.24) is 4.98 Å². The Labute approximate surface area is 118 Å². The fraction of sp³-hybridized carbons (Fsp3) is 0.438. The van der Waals surface area contributed by atoms with Crippen LogP contribution in [0, 0.1) is 18.7 Å². The van der Waals surface area contributed by atoms with Gasteiger partial charge in [-0.3, -0.25) is 0 Å². The monoisotopic (exact) mass is 276 g/mol. The number of nitrogens with one attached hydrogen (secondary N) is 1. The highest BCUT2D eigenvalue weighted by Crippen LogP contribution is 2.25. The van der Waals surface area contributed by atoms with Gasteiger partial charge in [0.1, 0.15) is 11.3 Å². The lowest BCUT2D eigenvalue weighted by molar-refractivity contribution is 0.258. The van der Waals surface area contributed by atoms with Crippen LogP contribution in [0.2, 0.25) is 0 Å². The summed E-state index contributed by atoms with van der Waals surface area (Å²) in [6, 6.07) is 6.94. The minimum absolute atomic E-state index is 0.199. The van der Waals surface area contributed by atoms with Crippen LogP contribution in [0.1, 0.15) is 25.5 Å². The van der Waals surface area contributed by atoms with E-state index in [1.807, 2.05) is 19.1 Å². The number of fused-ring (bicyclic) bond motifs is 1. The predicted molar refractivity (Wildman–Crippen MR) is 80.4 cm³/mol. The number of rotatable bonds is 6. The van der Waals surface area contributed by atoms with Crippen LogP contribution in [-0.4, -0.2) is 23.2 Å². The molecule has 2 aromatic rings. The molecule has 0 aliphatic rings. The summed E-state index contributed by atoms with van der Waals surface area (Å²) in [4.78, 5) is 4.26. The van der Waals surface area contributed by atoms with E-state index < -0.39 is 0 Å². The van der Waals surface area contributed by atoms with Gasteiger partial charge in [-0.15, -0.1) is 0 Å². The van der Waals surface area contributed by atoms with E-state index in [1.165, 1.54) is 6.07 Å². The minimum atomic E-state index is -0.295. The van der Waals surface area contributed by atoms with E-state index in [9.17, 15) is 4.39 Å². The second-order valence-electron chi connectivity index (χ2n) is 5.11. The number of aryl methyl sites for hydroxylation is 1. The third kappa shape index (κ3) is 3.25. The van der Waals surface area contributed by atoms with Gasteiger partial charge in [-0.1, -0.05) is 25.5 Å². The van der Waals surface area contributed by atoms with Crippen LogP contribution in [0.4, 0.5) is 10.1 Å². The number of nitrogens with zero attached hydrogens (tertiary/aromatic N) is 1. The Balaban J connectivity index is 2.27. The van der Waals surface area contributed by atoms with Gasteiger partial charge < -0.3 is 10.4 Å². The molecular weight excluding hydrogens is 255 g/mol. The zero-order valence-electron chi connectivity index (χ0n) is 12.0. The molecule has 1 aromatic carbocycles. The molecule has 2 N–H and O–H groups in total. The van der Waals surface area contributed by atoms with E-state index >= 15 is 0 Å². The molecule has 0 aliphatic carbocycles. The average molecular weight is 276 g/mol. The Morgan fingerprint density at radius 1 is 1.40 bits per heavy atom. The van der Waals surface area contributed by atoms with Gasteiger partial charge in [0, 0.05) is 29.9 Å². The summed E-state index contributed by atoms with van der Waals surface area (Å²) in [5.74, 6) is 0.119. The number of hydrogen-bond acceptors (Lipinski definition) is 3. The highest BCUT2D eigenvalue weighted by Gasteiger charge is 2.10. The number of halogens is 1. The van der Waals surface area contributed by atoms with Gasteiger partial charge in [0.05, 0.1) is 0 Å². The molecule has 1 unspecified atom stereocenters. The number of aliphatic hydroxyl groups is 1. The molecule has 0 radical (unpaired) electrons. The Morgan fingerprint density at radius 2 is 2.20 bits per heavy atom. The van der Waals surface area contributed by atoms with E-state index in [4.69, 9.17) is 5.11 Å². The normalized spacial score (nSPS) is 12.6. The maximum atomic E-state index is 13.8. The fourth-order valence-electron chi connectivity index (χ4n) is 2.38. The van der Waals surface area contributed by atoms with Crippen LogP contribution >= 0.6 is 0 Å². The average Bonchev–Trinajstić information content (AvgIpc) is 2.44. The topological polar surface area (TPSA) is 45.1 Å². The second-order valence-corrected chi connectivity index (χ2v) is 5.11. The molecule has 20 heavy (non-hydrogen) atoms. The molecule has 1 heterocycles. The van der Waals surface area contributed by atoms with Crippen LogP contribution in [0.3, 0.4) is 0 Å². The Morgan fingerprint density at radius 3 is 2.90 bits per heavy atom. The van der Waals surface area contributed by atoms with E-state index in [0.717, 1.165) is 36.2 Å². The molecule has 4 heteroatoms. The first-order valence-corrected chi connectivity index (χ1v) is 7.06. The number of pyridine rings is 1. The van der Waals surface area contributed by atoms with E-state index in [1.54, 1.807) is 6.07 Å². The largest absolute Gasteiger partial charge is 0.396 e. The van der Waals surface area contributed by atoms with Gasteiger partial charge in [-0.25, -0.2) is 9.37 Å². The maximum Gasteiger partial charge on any atom is 0.149 e. The molecule has 1 atom stereocenters. The summed E-state index contributed by atoms with van der Waals surface area (Å²) >= 11 is 0. The number of aromatic nitrogens is 1. The Hall–Kier alpha value is -1.68. The Kier molecular flexibility index (Phi) is 4.90. The molecule has 0 fully saturated rings. The molecule has 0 spiro atoms. The van der Waals surface area contributed by atoms with Gasteiger partial charge in [0.25, 0.3) is 0 Å². The van der Waals surface area contributed by atoms with Crippen LogP contribution in [0.25, 0.3) is 10.9 Å².